The maximum Gasteiger partial charge on any atom is 0.393 e. The Labute approximate surface area is 378 Å². The summed E-state index contributed by atoms with van der Waals surface area (Å²) in [5, 5.41) is 0. The molecule has 64 heavy (non-hydrogen) atoms. The van der Waals surface area contributed by atoms with Crippen molar-refractivity contribution in [1.29, 1.82) is 0 Å². The van der Waals surface area contributed by atoms with Gasteiger partial charge in [0.05, 0.1) is 65.7 Å². The average molecular weight is 905 g/mol. The van der Waals surface area contributed by atoms with Crippen LogP contribution in [0.5, 0.6) is 0 Å². The highest BCUT2D eigenvalue weighted by Crippen LogP contribution is 2.27. The lowest BCUT2D eigenvalue weighted by molar-refractivity contribution is -0.151. The van der Waals surface area contributed by atoms with E-state index < -0.39 is 41.4 Å². The van der Waals surface area contributed by atoms with Gasteiger partial charge in [-0.2, -0.15) is 0 Å². The van der Waals surface area contributed by atoms with Crippen LogP contribution in [0, 0.1) is 13.1 Å². The number of carbonyl (C=O) groups is 8. The van der Waals surface area contributed by atoms with Gasteiger partial charge in [-0.05, 0) is 90.9 Å². The minimum absolute atomic E-state index is 0.0601. The highest BCUT2D eigenvalue weighted by Gasteiger charge is 2.47. The maximum absolute atomic E-state index is 12.6. The molecule has 0 bridgehead atoms. The van der Waals surface area contributed by atoms with E-state index in [9.17, 15) is 38.4 Å². The molecule has 0 unspecified atom stereocenters. The van der Waals surface area contributed by atoms with Gasteiger partial charge in [-0.1, -0.05) is 26.3 Å². The summed E-state index contributed by atoms with van der Waals surface area (Å²) >= 11 is 0. The van der Waals surface area contributed by atoms with Gasteiger partial charge in [0.1, 0.15) is 0 Å². The van der Waals surface area contributed by atoms with Gasteiger partial charge in [0.15, 0.2) is 0 Å². The summed E-state index contributed by atoms with van der Waals surface area (Å²) in [4.78, 5) is 96.8. The SMILES string of the molecule is C=CC(=O)OCCCCCCOC(=O)C=C.[C-]#[N+]C(CCC(=O)OCCCCCCOC(=O)C=C)(CCC(=O)OCCCCCCOC(=O)C=C)C(=O)OCC.[C-]#[N+]CC(=O)OCC. The van der Waals surface area contributed by atoms with Crippen molar-refractivity contribution in [2.45, 2.75) is 122 Å². The summed E-state index contributed by atoms with van der Waals surface area (Å²) < 4.78 is 39.3. The summed E-state index contributed by atoms with van der Waals surface area (Å²) in [7, 11) is 0. The van der Waals surface area contributed by atoms with Crippen LogP contribution < -0.4 is 0 Å². The number of unbranched alkanes of at least 4 members (excludes halogenated alkanes) is 9. The first-order valence-electron chi connectivity index (χ1n) is 21.3. The highest BCUT2D eigenvalue weighted by atomic mass is 16.6. The van der Waals surface area contributed by atoms with Crippen molar-refractivity contribution >= 4 is 47.8 Å². The van der Waals surface area contributed by atoms with E-state index in [-0.39, 0.29) is 64.0 Å². The van der Waals surface area contributed by atoms with Gasteiger partial charge in [-0.3, -0.25) is 14.4 Å². The fraction of sp³-hybridized carbons (Fsp3) is 0.609. The van der Waals surface area contributed by atoms with Crippen molar-refractivity contribution in [3.63, 3.8) is 0 Å². The molecule has 0 aliphatic carbocycles. The van der Waals surface area contributed by atoms with E-state index in [1.807, 2.05) is 0 Å². The Bertz CT molecular complexity index is 1430. The van der Waals surface area contributed by atoms with Crippen LogP contribution in [0.15, 0.2) is 50.6 Å². The fourth-order valence-corrected chi connectivity index (χ4v) is 4.76. The topological polar surface area (TPSA) is 219 Å². The van der Waals surface area contributed by atoms with E-state index in [0.717, 1.165) is 75.7 Å². The molecule has 0 spiro atoms. The van der Waals surface area contributed by atoms with Crippen molar-refractivity contribution in [3.8, 4) is 0 Å². The standard InChI is InChI=1S/C29H43NO10.C12H18O4.C5H7NO2/c1-5-24(31)37-20-12-8-10-14-22-39-26(33)16-18-29(30-4,28(35)36-7-3)19-17-27(34)40-23-15-11-9-13-21-38-25(32)6-2;1-3-11(13)15-9-7-5-6-8-10-16-12(14)4-2;1-3-8-5(7)4-6-2/h5-6H,1-2,7-23H2,3H3;3-4H,1-2,5-10H2;3-4H2,1H3. The molecule has 0 radical (unpaired) electrons. The second kappa shape index (κ2) is 44.7. The van der Waals surface area contributed by atoms with Crippen molar-refractivity contribution in [2.24, 2.45) is 0 Å². The zero-order valence-corrected chi connectivity index (χ0v) is 37.7. The molecule has 0 amide bonds. The molecule has 0 atom stereocenters. The molecule has 0 aliphatic rings. The van der Waals surface area contributed by atoms with Gasteiger partial charge in [0.2, 0.25) is 0 Å². The third kappa shape index (κ3) is 39.8. The Morgan fingerprint density at radius 2 is 0.734 bits per heavy atom. The van der Waals surface area contributed by atoms with Gasteiger partial charge in [-0.15, -0.1) is 0 Å². The Balaban J connectivity index is -0.00000126. The van der Waals surface area contributed by atoms with Crippen LogP contribution in [0.4, 0.5) is 0 Å². The highest BCUT2D eigenvalue weighted by molar-refractivity contribution is 5.85. The number of ether oxygens (including phenoxy) is 8. The largest absolute Gasteiger partial charge is 0.466 e. The Hall–Kier alpha value is -6.30. The fourth-order valence-electron chi connectivity index (χ4n) is 4.76. The third-order valence-electron chi connectivity index (χ3n) is 8.15. The summed E-state index contributed by atoms with van der Waals surface area (Å²) in [5.41, 5.74) is -1.68. The van der Waals surface area contributed by atoms with E-state index in [4.69, 9.17) is 46.3 Å². The first-order valence-corrected chi connectivity index (χ1v) is 21.3. The zero-order chi connectivity index (χ0) is 48.7. The number of hydrogen-bond acceptors (Lipinski definition) is 16. The van der Waals surface area contributed by atoms with E-state index in [2.05, 4.69) is 40.7 Å². The average Bonchev–Trinajstić information content (AvgIpc) is 3.29. The molecule has 18 heteroatoms. The maximum atomic E-state index is 12.6. The minimum Gasteiger partial charge on any atom is -0.466 e. The van der Waals surface area contributed by atoms with E-state index in [1.54, 1.807) is 13.8 Å². The van der Waals surface area contributed by atoms with E-state index in [0.29, 0.717) is 58.7 Å². The lowest BCUT2D eigenvalue weighted by Gasteiger charge is -2.19. The van der Waals surface area contributed by atoms with Crippen molar-refractivity contribution in [2.75, 3.05) is 59.4 Å². The molecule has 0 saturated carbocycles. The molecular formula is C46H68N2O16. The monoisotopic (exact) mass is 904 g/mol. The summed E-state index contributed by atoms with van der Waals surface area (Å²) in [6.07, 6.45) is 13.2. The molecule has 0 aromatic carbocycles. The smallest absolute Gasteiger partial charge is 0.393 e. The summed E-state index contributed by atoms with van der Waals surface area (Å²) in [5.74, 6) is -4.00. The zero-order valence-electron chi connectivity index (χ0n) is 37.7. The Morgan fingerprint density at radius 1 is 0.438 bits per heavy atom. The number of rotatable bonds is 35. The lowest BCUT2D eigenvalue weighted by Crippen LogP contribution is -2.38. The van der Waals surface area contributed by atoms with Crippen LogP contribution in [-0.2, 0) is 76.3 Å². The van der Waals surface area contributed by atoms with Gasteiger partial charge in [0, 0.05) is 37.1 Å². The van der Waals surface area contributed by atoms with E-state index >= 15 is 0 Å². The molecular weight excluding hydrogens is 837 g/mol. The molecule has 0 aromatic rings. The van der Waals surface area contributed by atoms with Crippen LogP contribution in [0.1, 0.15) is 117 Å². The molecule has 18 nitrogen and oxygen atoms in total. The van der Waals surface area contributed by atoms with Crippen LogP contribution in [0.3, 0.4) is 0 Å². The summed E-state index contributed by atoms with van der Waals surface area (Å²) in [6.45, 7) is 32.5. The molecule has 0 heterocycles. The van der Waals surface area contributed by atoms with Crippen LogP contribution in [-0.4, -0.2) is 113 Å². The molecule has 0 rings (SSSR count). The number of nitrogens with zero attached hydrogens (tertiary/aromatic N) is 2. The van der Waals surface area contributed by atoms with Crippen LogP contribution in [0.25, 0.3) is 9.69 Å². The van der Waals surface area contributed by atoms with E-state index in [1.165, 1.54) is 0 Å². The molecule has 0 saturated heterocycles. The van der Waals surface area contributed by atoms with Gasteiger partial charge >= 0.3 is 59.8 Å². The lowest BCUT2D eigenvalue weighted by atomic mass is 9.89. The second-order valence-electron chi connectivity index (χ2n) is 13.2. The van der Waals surface area contributed by atoms with Gasteiger partial charge in [-0.25, -0.2) is 41.9 Å². The predicted molar refractivity (Wildman–Crippen MR) is 234 cm³/mol. The number of esters is 8. The number of hydrogen-bond donors (Lipinski definition) is 0. The molecule has 0 N–H and O–H groups in total. The van der Waals surface area contributed by atoms with Crippen molar-refractivity contribution < 1.29 is 76.3 Å². The Morgan fingerprint density at radius 3 is 0.984 bits per heavy atom. The normalized spacial score (nSPS) is 9.81. The molecule has 0 aromatic heterocycles. The molecule has 0 fully saturated rings. The first-order chi connectivity index (χ1) is 30.7. The van der Waals surface area contributed by atoms with Crippen molar-refractivity contribution in [3.05, 3.63) is 73.5 Å². The predicted octanol–water partition coefficient (Wildman–Crippen LogP) is 6.91. The molecule has 358 valence electrons. The number of carbonyl (C=O) groups excluding carboxylic acids is 8. The Kier molecular flexibility index (Phi) is 43.3. The van der Waals surface area contributed by atoms with Crippen LogP contribution >= 0.6 is 0 Å². The second-order valence-corrected chi connectivity index (χ2v) is 13.2. The van der Waals surface area contributed by atoms with Crippen molar-refractivity contribution in [1.82, 2.24) is 0 Å². The third-order valence-corrected chi connectivity index (χ3v) is 8.15. The minimum atomic E-state index is -1.68. The van der Waals surface area contributed by atoms with Gasteiger partial charge in [0.25, 0.3) is 0 Å². The quantitative estimate of drug-likeness (QED) is 0.0207. The summed E-state index contributed by atoms with van der Waals surface area (Å²) in [6, 6.07) is 0. The molecule has 0 aliphatic heterocycles. The van der Waals surface area contributed by atoms with Crippen LogP contribution in [0.2, 0.25) is 0 Å². The van der Waals surface area contributed by atoms with Gasteiger partial charge < -0.3 is 42.7 Å². The first kappa shape index (κ1) is 62.0.